The number of carbonyl (C=O) groups is 2. The average Bonchev–Trinajstić information content (AvgIpc) is 2.85. The van der Waals surface area contributed by atoms with Crippen LogP contribution in [-0.4, -0.2) is 57.4 Å². The number of hydrogen-bond acceptors (Lipinski definition) is 8. The van der Waals surface area contributed by atoms with Crippen molar-refractivity contribution >= 4 is 39.8 Å². The fourth-order valence-electron chi connectivity index (χ4n) is 3.57. The molecule has 0 saturated carbocycles. The number of fused-ring (bicyclic) bond motifs is 2. The number of amides is 2. The first-order valence-corrected chi connectivity index (χ1v) is 11.1. The molecule has 0 atom stereocenters. The van der Waals surface area contributed by atoms with E-state index in [4.69, 9.17) is 13.9 Å². The minimum atomic E-state index is -0.642. The molecular weight excluding hydrogens is 440 g/mol. The Balaban J connectivity index is 2.09. The third kappa shape index (κ3) is 5.57. The molecule has 0 aliphatic heterocycles. The van der Waals surface area contributed by atoms with E-state index < -0.39 is 12.2 Å². The van der Waals surface area contributed by atoms with Gasteiger partial charge in [-0.1, -0.05) is 13.8 Å². The molecule has 0 aliphatic carbocycles. The van der Waals surface area contributed by atoms with E-state index in [-0.39, 0.29) is 23.2 Å². The Kier molecular flexibility index (Phi) is 8.31. The van der Waals surface area contributed by atoms with Crippen LogP contribution < -0.4 is 26.1 Å². The Labute approximate surface area is 197 Å². The molecule has 2 amide bonds. The van der Waals surface area contributed by atoms with E-state index >= 15 is 0 Å². The van der Waals surface area contributed by atoms with Gasteiger partial charge in [0.15, 0.2) is 0 Å². The zero-order valence-corrected chi connectivity index (χ0v) is 19.8. The minimum Gasteiger partial charge on any atom is -0.455 e. The molecule has 0 fully saturated rings. The van der Waals surface area contributed by atoms with Crippen LogP contribution in [0.1, 0.15) is 19.4 Å². The summed E-state index contributed by atoms with van der Waals surface area (Å²) in [4.78, 5) is 39.0. The predicted octanol–water partition coefficient (Wildman–Crippen LogP) is 3.27. The van der Waals surface area contributed by atoms with Crippen LogP contribution in [0.25, 0.3) is 21.9 Å². The Bertz CT molecular complexity index is 1240. The highest BCUT2D eigenvalue weighted by Gasteiger charge is 2.17. The number of carbonyl (C=O) groups excluding carboxylic acids is 2. The lowest BCUT2D eigenvalue weighted by atomic mass is 10.1. The summed E-state index contributed by atoms with van der Waals surface area (Å²) in [7, 11) is 2.92. The zero-order valence-electron chi connectivity index (χ0n) is 19.8. The van der Waals surface area contributed by atoms with E-state index in [0.29, 0.717) is 34.3 Å². The van der Waals surface area contributed by atoms with Gasteiger partial charge < -0.3 is 34.7 Å². The van der Waals surface area contributed by atoms with E-state index in [1.165, 1.54) is 20.2 Å². The fraction of sp³-hybridized carbons (Fsp3) is 0.375. The van der Waals surface area contributed by atoms with Gasteiger partial charge in [-0.2, -0.15) is 0 Å². The molecule has 1 aromatic heterocycles. The Morgan fingerprint density at radius 3 is 2.44 bits per heavy atom. The van der Waals surface area contributed by atoms with E-state index in [0.717, 1.165) is 19.6 Å². The lowest BCUT2D eigenvalue weighted by Crippen LogP contribution is -2.28. The zero-order chi connectivity index (χ0) is 24.7. The Morgan fingerprint density at radius 1 is 1.03 bits per heavy atom. The lowest BCUT2D eigenvalue weighted by Gasteiger charge is -2.19. The molecule has 0 spiro atoms. The molecule has 10 nitrogen and oxygen atoms in total. The molecular formula is C24H30N4O6. The third-order valence-electron chi connectivity index (χ3n) is 5.49. The second-order valence-corrected chi connectivity index (χ2v) is 7.48. The number of ether oxygens (including phenoxy) is 2. The van der Waals surface area contributed by atoms with Crippen LogP contribution in [0.2, 0.25) is 0 Å². The lowest BCUT2D eigenvalue weighted by molar-refractivity contribution is 0.142. The number of hydrogen-bond donors (Lipinski definition) is 3. The maximum atomic E-state index is 13.6. The molecule has 1 heterocycles. The predicted molar refractivity (Wildman–Crippen MR) is 131 cm³/mol. The molecule has 0 radical (unpaired) electrons. The maximum Gasteiger partial charge on any atom is 0.412 e. The van der Waals surface area contributed by atoms with Gasteiger partial charge in [0.1, 0.15) is 23.5 Å². The van der Waals surface area contributed by atoms with E-state index in [1.54, 1.807) is 24.3 Å². The normalized spacial score (nSPS) is 11.0. The van der Waals surface area contributed by atoms with Crippen LogP contribution in [0, 0.1) is 0 Å². The van der Waals surface area contributed by atoms with E-state index in [1.807, 2.05) is 0 Å². The summed E-state index contributed by atoms with van der Waals surface area (Å²) in [6, 6.07) is 8.13. The van der Waals surface area contributed by atoms with Crippen molar-refractivity contribution in [3.63, 3.8) is 0 Å². The summed E-state index contributed by atoms with van der Waals surface area (Å²) in [6.45, 7) is 7.41. The first-order valence-electron chi connectivity index (χ1n) is 11.1. The van der Waals surface area contributed by atoms with Crippen LogP contribution in [0.4, 0.5) is 15.3 Å². The van der Waals surface area contributed by atoms with Crippen molar-refractivity contribution in [2.24, 2.45) is 0 Å². The highest BCUT2D eigenvalue weighted by molar-refractivity contribution is 5.99. The molecule has 10 heteroatoms. The van der Waals surface area contributed by atoms with Crippen molar-refractivity contribution in [1.82, 2.24) is 15.5 Å². The van der Waals surface area contributed by atoms with Crippen molar-refractivity contribution in [3.8, 4) is 5.75 Å². The molecule has 3 rings (SSSR count). The van der Waals surface area contributed by atoms with Gasteiger partial charge in [0, 0.05) is 38.4 Å². The van der Waals surface area contributed by atoms with E-state index in [2.05, 4.69) is 34.7 Å². The molecule has 0 saturated heterocycles. The number of nitrogens with one attached hydrogen (secondary N) is 3. The van der Waals surface area contributed by atoms with Crippen molar-refractivity contribution in [2.45, 2.75) is 20.5 Å². The SMILES string of the molecule is CCN(CC)CCNc1ccc(COC(=O)NC)c2oc3ccc(OC(=O)NC)cc3c(=O)c12. The summed E-state index contributed by atoms with van der Waals surface area (Å²) in [5, 5.41) is 8.70. The smallest absolute Gasteiger partial charge is 0.412 e. The van der Waals surface area contributed by atoms with Crippen molar-refractivity contribution in [3.05, 3.63) is 46.1 Å². The van der Waals surface area contributed by atoms with Gasteiger partial charge >= 0.3 is 12.2 Å². The second kappa shape index (κ2) is 11.4. The second-order valence-electron chi connectivity index (χ2n) is 7.48. The molecule has 0 aliphatic rings. The first kappa shape index (κ1) is 24.8. The van der Waals surface area contributed by atoms with Crippen LogP contribution in [0.15, 0.2) is 39.5 Å². The van der Waals surface area contributed by atoms with Gasteiger partial charge in [0.05, 0.1) is 10.8 Å². The third-order valence-corrected chi connectivity index (χ3v) is 5.49. The maximum absolute atomic E-state index is 13.6. The molecule has 3 N–H and O–H groups in total. The first-order chi connectivity index (χ1) is 16.4. The largest absolute Gasteiger partial charge is 0.455 e. The molecule has 0 bridgehead atoms. The van der Waals surface area contributed by atoms with Crippen LogP contribution >= 0.6 is 0 Å². The highest BCUT2D eigenvalue weighted by atomic mass is 16.6. The summed E-state index contributed by atoms with van der Waals surface area (Å²) in [5.41, 5.74) is 1.53. The van der Waals surface area contributed by atoms with Crippen LogP contribution in [0.5, 0.6) is 5.75 Å². The molecule has 2 aromatic carbocycles. The van der Waals surface area contributed by atoms with Gasteiger partial charge in [-0.15, -0.1) is 0 Å². The monoisotopic (exact) mass is 470 g/mol. The molecule has 0 unspecified atom stereocenters. The van der Waals surface area contributed by atoms with Crippen LogP contribution in [-0.2, 0) is 11.3 Å². The van der Waals surface area contributed by atoms with Gasteiger partial charge in [-0.3, -0.25) is 4.79 Å². The topological polar surface area (TPSA) is 122 Å². The summed E-state index contributed by atoms with van der Waals surface area (Å²) >= 11 is 0. The Hall–Kier alpha value is -3.79. The van der Waals surface area contributed by atoms with Gasteiger partial charge in [-0.05, 0) is 43.4 Å². The highest BCUT2D eigenvalue weighted by Crippen LogP contribution is 2.30. The number of alkyl carbamates (subject to hydrolysis) is 1. The number of nitrogens with zero attached hydrogens (tertiary/aromatic N) is 1. The number of rotatable bonds is 9. The van der Waals surface area contributed by atoms with Crippen molar-refractivity contribution in [1.29, 1.82) is 0 Å². The van der Waals surface area contributed by atoms with Gasteiger partial charge in [-0.25, -0.2) is 9.59 Å². The van der Waals surface area contributed by atoms with Crippen molar-refractivity contribution in [2.75, 3.05) is 45.6 Å². The number of likely N-dealkylation sites (N-methyl/N-ethyl adjacent to an activating group) is 1. The number of anilines is 1. The van der Waals surface area contributed by atoms with Gasteiger partial charge in [0.2, 0.25) is 5.43 Å². The average molecular weight is 471 g/mol. The number of benzene rings is 2. The summed E-state index contributed by atoms with van der Waals surface area (Å²) in [5.74, 6) is 0.216. The molecule has 3 aromatic rings. The van der Waals surface area contributed by atoms with Crippen LogP contribution in [0.3, 0.4) is 0 Å². The van der Waals surface area contributed by atoms with Gasteiger partial charge in [0.25, 0.3) is 0 Å². The Morgan fingerprint density at radius 2 is 1.76 bits per heavy atom. The standard InChI is InChI=1S/C24H30N4O6/c1-5-28(6-2)12-11-27-18-9-7-15(14-32-23(30)25-3)22-20(18)21(29)17-13-16(33-24(31)26-4)8-10-19(17)34-22/h7-10,13,27H,5-6,11-12,14H2,1-4H3,(H,25,30)(H,26,31). The summed E-state index contributed by atoms with van der Waals surface area (Å²) < 4.78 is 16.5. The van der Waals surface area contributed by atoms with Crippen molar-refractivity contribution < 1.29 is 23.5 Å². The quantitative estimate of drug-likeness (QED) is 0.407. The fourth-order valence-corrected chi connectivity index (χ4v) is 3.57. The minimum absolute atomic E-state index is 0.0672. The summed E-state index contributed by atoms with van der Waals surface area (Å²) in [6.07, 6.45) is -1.23. The van der Waals surface area contributed by atoms with E-state index in [9.17, 15) is 14.4 Å². The molecule has 34 heavy (non-hydrogen) atoms. The molecule has 182 valence electrons.